The molecule has 0 aromatic carbocycles. The maximum absolute atomic E-state index is 12.3. The van der Waals surface area contributed by atoms with E-state index in [2.05, 4.69) is 24.0 Å². The lowest BCUT2D eigenvalue weighted by Gasteiger charge is -2.39. The molecule has 7 heteroatoms. The van der Waals surface area contributed by atoms with E-state index in [0.717, 1.165) is 12.8 Å². The second-order valence-electron chi connectivity index (χ2n) is 5.12. The van der Waals surface area contributed by atoms with Gasteiger partial charge in [0.1, 0.15) is 5.82 Å². The summed E-state index contributed by atoms with van der Waals surface area (Å²) in [5.74, 6) is 6.94. The maximum atomic E-state index is 12.3. The molecule has 1 fully saturated rings. The van der Waals surface area contributed by atoms with Crippen molar-refractivity contribution >= 4 is 17.7 Å². The summed E-state index contributed by atoms with van der Waals surface area (Å²) in [6, 6.07) is 0.656. The SMILES string of the molecule is Cc1nnc(SCC(=O)N2[C@@H](C)CCC[C@@H]2C)n1N. The zero-order valence-corrected chi connectivity index (χ0v) is 12.5. The van der Waals surface area contributed by atoms with E-state index in [1.54, 1.807) is 6.92 Å². The first kappa shape index (κ1) is 14.2. The van der Waals surface area contributed by atoms with Crippen LogP contribution in [0.25, 0.3) is 0 Å². The largest absolute Gasteiger partial charge is 0.337 e. The minimum Gasteiger partial charge on any atom is -0.337 e. The molecule has 1 aliphatic rings. The molecule has 0 saturated carbocycles. The molecule has 1 saturated heterocycles. The molecule has 6 nitrogen and oxygen atoms in total. The lowest BCUT2D eigenvalue weighted by atomic mass is 9.98. The quantitative estimate of drug-likeness (QED) is 0.666. The first-order valence-corrected chi connectivity index (χ1v) is 7.60. The van der Waals surface area contributed by atoms with Gasteiger partial charge >= 0.3 is 0 Å². The van der Waals surface area contributed by atoms with Gasteiger partial charge in [-0.1, -0.05) is 11.8 Å². The van der Waals surface area contributed by atoms with Crippen molar-refractivity contribution in [2.45, 2.75) is 57.3 Å². The Balaban J connectivity index is 1.95. The van der Waals surface area contributed by atoms with Crippen molar-refractivity contribution < 1.29 is 4.79 Å². The Morgan fingerprint density at radius 2 is 2.00 bits per heavy atom. The molecule has 2 atom stereocenters. The number of hydrogen-bond donors (Lipinski definition) is 1. The van der Waals surface area contributed by atoms with Crippen molar-refractivity contribution in [2.75, 3.05) is 11.6 Å². The number of carbonyl (C=O) groups is 1. The van der Waals surface area contributed by atoms with Crippen LogP contribution in [0.4, 0.5) is 0 Å². The minimum absolute atomic E-state index is 0.158. The Morgan fingerprint density at radius 1 is 1.37 bits per heavy atom. The zero-order chi connectivity index (χ0) is 14.0. The third-order valence-electron chi connectivity index (χ3n) is 3.64. The standard InChI is InChI=1S/C12H21N5OS/c1-8-5-4-6-9(2)16(8)11(18)7-19-12-15-14-10(3)17(12)13/h8-9H,4-7,13H2,1-3H3/t8-,9-/m0/s1. The number of aromatic nitrogens is 3. The lowest BCUT2D eigenvalue weighted by Crippen LogP contribution is -2.48. The number of likely N-dealkylation sites (tertiary alicyclic amines) is 1. The van der Waals surface area contributed by atoms with Crippen LogP contribution in [-0.2, 0) is 4.79 Å². The monoisotopic (exact) mass is 283 g/mol. The molecule has 1 aliphatic heterocycles. The molecule has 0 unspecified atom stereocenters. The third-order valence-corrected chi connectivity index (χ3v) is 4.57. The van der Waals surface area contributed by atoms with Crippen molar-refractivity contribution in [3.05, 3.63) is 5.82 Å². The fourth-order valence-corrected chi connectivity index (χ4v) is 3.33. The van der Waals surface area contributed by atoms with Crippen LogP contribution in [0.2, 0.25) is 0 Å². The van der Waals surface area contributed by atoms with Gasteiger partial charge in [0.15, 0.2) is 0 Å². The van der Waals surface area contributed by atoms with E-state index in [1.807, 2.05) is 4.90 Å². The highest BCUT2D eigenvalue weighted by molar-refractivity contribution is 7.99. The van der Waals surface area contributed by atoms with E-state index >= 15 is 0 Å². The van der Waals surface area contributed by atoms with Crippen LogP contribution in [-0.4, -0.2) is 43.5 Å². The average Bonchev–Trinajstić information content (AvgIpc) is 2.67. The Labute approximate surface area is 117 Å². The van der Waals surface area contributed by atoms with Crippen molar-refractivity contribution in [1.29, 1.82) is 0 Å². The second kappa shape index (κ2) is 5.81. The highest BCUT2D eigenvalue weighted by Crippen LogP contribution is 2.24. The van der Waals surface area contributed by atoms with Crippen LogP contribution in [0.3, 0.4) is 0 Å². The normalized spacial score (nSPS) is 23.6. The van der Waals surface area contributed by atoms with Crippen molar-refractivity contribution in [2.24, 2.45) is 0 Å². The van der Waals surface area contributed by atoms with Crippen LogP contribution >= 0.6 is 11.8 Å². The van der Waals surface area contributed by atoms with Crippen molar-refractivity contribution in [3.63, 3.8) is 0 Å². The smallest absolute Gasteiger partial charge is 0.233 e. The predicted molar refractivity (Wildman–Crippen MR) is 75.3 cm³/mol. The number of nitrogens with two attached hydrogens (primary N) is 1. The Hall–Kier alpha value is -1.24. The van der Waals surface area contributed by atoms with Gasteiger partial charge in [-0.2, -0.15) is 0 Å². The van der Waals surface area contributed by atoms with E-state index < -0.39 is 0 Å². The van der Waals surface area contributed by atoms with Gasteiger partial charge in [0, 0.05) is 12.1 Å². The highest BCUT2D eigenvalue weighted by atomic mass is 32.2. The number of amides is 1. The highest BCUT2D eigenvalue weighted by Gasteiger charge is 2.28. The summed E-state index contributed by atoms with van der Waals surface area (Å²) in [6.45, 7) is 6.02. The minimum atomic E-state index is 0.158. The number of carbonyl (C=O) groups excluding carboxylic acids is 1. The second-order valence-corrected chi connectivity index (χ2v) is 6.06. The van der Waals surface area contributed by atoms with Gasteiger partial charge in [-0.3, -0.25) is 4.79 Å². The summed E-state index contributed by atoms with van der Waals surface area (Å²) in [5, 5.41) is 8.42. The molecule has 2 N–H and O–H groups in total. The number of thioether (sulfide) groups is 1. The molecule has 0 bridgehead atoms. The summed E-state index contributed by atoms with van der Waals surface area (Å²) in [7, 11) is 0. The molecular formula is C12H21N5OS. The molecule has 0 aliphatic carbocycles. The summed E-state index contributed by atoms with van der Waals surface area (Å²) in [5.41, 5.74) is 0. The van der Waals surface area contributed by atoms with Gasteiger partial charge in [0.2, 0.25) is 11.1 Å². The van der Waals surface area contributed by atoms with Crippen LogP contribution in [0.1, 0.15) is 38.9 Å². The Bertz CT molecular complexity index is 451. The Morgan fingerprint density at radius 3 is 2.53 bits per heavy atom. The van der Waals surface area contributed by atoms with Gasteiger partial charge in [-0.05, 0) is 40.0 Å². The number of piperidine rings is 1. The summed E-state index contributed by atoms with van der Waals surface area (Å²) in [4.78, 5) is 14.3. The fraction of sp³-hybridized carbons (Fsp3) is 0.750. The number of nitrogen functional groups attached to an aromatic ring is 1. The van der Waals surface area contributed by atoms with E-state index in [1.165, 1.54) is 22.9 Å². The van der Waals surface area contributed by atoms with Crippen LogP contribution < -0.4 is 5.84 Å². The average molecular weight is 283 g/mol. The van der Waals surface area contributed by atoms with Crippen LogP contribution in [0.5, 0.6) is 0 Å². The Kier molecular flexibility index (Phi) is 4.34. The molecule has 2 rings (SSSR count). The summed E-state index contributed by atoms with van der Waals surface area (Å²) < 4.78 is 1.42. The lowest BCUT2D eigenvalue weighted by molar-refractivity contribution is -0.134. The summed E-state index contributed by atoms with van der Waals surface area (Å²) >= 11 is 1.35. The molecule has 106 valence electrons. The molecular weight excluding hydrogens is 262 g/mol. The molecule has 0 radical (unpaired) electrons. The van der Waals surface area contributed by atoms with E-state index in [0.29, 0.717) is 28.8 Å². The summed E-state index contributed by atoms with van der Waals surface area (Å²) in [6.07, 6.45) is 3.38. The molecule has 19 heavy (non-hydrogen) atoms. The molecule has 1 aromatic heterocycles. The number of rotatable bonds is 3. The van der Waals surface area contributed by atoms with Gasteiger partial charge < -0.3 is 10.7 Å². The van der Waals surface area contributed by atoms with Crippen LogP contribution in [0, 0.1) is 6.92 Å². The van der Waals surface area contributed by atoms with Crippen molar-refractivity contribution in [3.8, 4) is 0 Å². The van der Waals surface area contributed by atoms with Crippen molar-refractivity contribution in [1.82, 2.24) is 19.8 Å². The van der Waals surface area contributed by atoms with E-state index in [9.17, 15) is 4.79 Å². The van der Waals surface area contributed by atoms with Gasteiger partial charge in [-0.25, -0.2) is 4.68 Å². The first-order valence-electron chi connectivity index (χ1n) is 6.61. The number of aryl methyl sites for hydroxylation is 1. The van der Waals surface area contributed by atoms with Gasteiger partial charge in [0.05, 0.1) is 5.75 Å². The van der Waals surface area contributed by atoms with Gasteiger partial charge in [0.25, 0.3) is 0 Å². The van der Waals surface area contributed by atoms with Crippen LogP contribution in [0.15, 0.2) is 5.16 Å². The van der Waals surface area contributed by atoms with E-state index in [-0.39, 0.29) is 5.91 Å². The van der Waals surface area contributed by atoms with Gasteiger partial charge in [-0.15, -0.1) is 10.2 Å². The molecule has 1 aromatic rings. The maximum Gasteiger partial charge on any atom is 0.233 e. The first-order chi connectivity index (χ1) is 9.00. The van der Waals surface area contributed by atoms with E-state index in [4.69, 9.17) is 5.84 Å². The zero-order valence-electron chi connectivity index (χ0n) is 11.7. The fourth-order valence-electron chi connectivity index (χ4n) is 2.56. The predicted octanol–water partition coefficient (Wildman–Crippen LogP) is 1.18. The molecule has 0 spiro atoms. The number of nitrogens with zero attached hydrogens (tertiary/aromatic N) is 4. The molecule has 1 amide bonds. The third kappa shape index (κ3) is 3.02. The number of hydrogen-bond acceptors (Lipinski definition) is 5. The molecule has 2 heterocycles. The topological polar surface area (TPSA) is 77.0 Å².